The quantitative estimate of drug-likeness (QED) is 0.853. The van der Waals surface area contributed by atoms with Crippen LogP contribution in [0.15, 0.2) is 24.3 Å². The third-order valence-corrected chi connectivity index (χ3v) is 4.25. The Bertz CT molecular complexity index is 365. The van der Waals surface area contributed by atoms with Gasteiger partial charge in [0.15, 0.2) is 0 Å². The molecular weight excluding hydrogens is 232 g/mol. The lowest BCUT2D eigenvalue weighted by atomic mass is 9.60. The van der Waals surface area contributed by atoms with E-state index in [0.29, 0.717) is 5.92 Å². The molecule has 1 atom stereocenters. The van der Waals surface area contributed by atoms with Gasteiger partial charge in [-0.25, -0.2) is 0 Å². The fourth-order valence-corrected chi connectivity index (χ4v) is 2.95. The largest absolute Gasteiger partial charge is 0.392 e. The third kappa shape index (κ3) is 2.51. The third-order valence-electron chi connectivity index (χ3n) is 4.00. The van der Waals surface area contributed by atoms with Gasteiger partial charge in [0.2, 0.25) is 0 Å². The number of halogens is 1. The van der Waals surface area contributed by atoms with Crippen LogP contribution in [-0.4, -0.2) is 11.2 Å². The highest BCUT2D eigenvalue weighted by molar-refractivity contribution is 6.30. The van der Waals surface area contributed by atoms with E-state index in [1.165, 1.54) is 12.0 Å². The highest BCUT2D eigenvalue weighted by atomic mass is 35.5. The summed E-state index contributed by atoms with van der Waals surface area (Å²) < 4.78 is 0. The Morgan fingerprint density at radius 1 is 1.24 bits per heavy atom. The van der Waals surface area contributed by atoms with Gasteiger partial charge >= 0.3 is 0 Å². The highest BCUT2D eigenvalue weighted by Gasteiger charge is 2.44. The number of benzene rings is 1. The van der Waals surface area contributed by atoms with Gasteiger partial charge in [0.05, 0.1) is 6.10 Å². The van der Waals surface area contributed by atoms with Crippen LogP contribution in [0.5, 0.6) is 0 Å². The molecule has 0 amide bonds. The standard InChI is InChI=1S/C15H21ClO/c1-11(2)10-14(17)15(8-3-9-15)12-4-6-13(16)7-5-12/h4-7,11,14,17H,3,8-10H2,1-2H3. The van der Waals surface area contributed by atoms with Crippen molar-refractivity contribution in [1.29, 1.82) is 0 Å². The monoisotopic (exact) mass is 252 g/mol. The first-order valence-electron chi connectivity index (χ1n) is 6.49. The van der Waals surface area contributed by atoms with Gasteiger partial charge in [0.1, 0.15) is 0 Å². The van der Waals surface area contributed by atoms with Gasteiger partial charge in [-0.2, -0.15) is 0 Å². The predicted octanol–water partition coefficient (Wildman–Crippen LogP) is 4.17. The van der Waals surface area contributed by atoms with E-state index in [0.717, 1.165) is 24.3 Å². The molecule has 0 bridgehead atoms. The summed E-state index contributed by atoms with van der Waals surface area (Å²) in [4.78, 5) is 0. The molecule has 1 aromatic carbocycles. The topological polar surface area (TPSA) is 20.2 Å². The Balaban J connectivity index is 2.22. The van der Waals surface area contributed by atoms with E-state index in [1.54, 1.807) is 0 Å². The first-order valence-corrected chi connectivity index (χ1v) is 6.86. The smallest absolute Gasteiger partial charge is 0.0639 e. The molecule has 0 heterocycles. The minimum atomic E-state index is -0.225. The summed E-state index contributed by atoms with van der Waals surface area (Å²) in [5.74, 6) is 0.537. The van der Waals surface area contributed by atoms with E-state index in [-0.39, 0.29) is 11.5 Å². The molecule has 94 valence electrons. The van der Waals surface area contributed by atoms with Crippen LogP contribution in [0, 0.1) is 5.92 Å². The molecule has 0 aromatic heterocycles. The van der Waals surface area contributed by atoms with E-state index in [9.17, 15) is 5.11 Å². The molecule has 1 unspecified atom stereocenters. The Labute approximate surface area is 109 Å². The van der Waals surface area contributed by atoms with Crippen LogP contribution >= 0.6 is 11.6 Å². The molecule has 1 N–H and O–H groups in total. The molecule has 1 fully saturated rings. The van der Waals surface area contributed by atoms with Gasteiger partial charge in [-0.1, -0.05) is 44.0 Å². The first-order chi connectivity index (χ1) is 8.04. The SMILES string of the molecule is CC(C)CC(O)C1(c2ccc(Cl)cc2)CCC1. The highest BCUT2D eigenvalue weighted by Crippen LogP contribution is 2.48. The van der Waals surface area contributed by atoms with Gasteiger partial charge in [-0.15, -0.1) is 0 Å². The second-order valence-corrected chi connectivity index (χ2v) is 6.10. The number of aliphatic hydroxyl groups is 1. The van der Waals surface area contributed by atoms with Crippen LogP contribution < -0.4 is 0 Å². The molecule has 1 aliphatic carbocycles. The molecule has 1 nitrogen and oxygen atoms in total. The van der Waals surface area contributed by atoms with Crippen molar-refractivity contribution in [2.24, 2.45) is 5.92 Å². The van der Waals surface area contributed by atoms with Crippen molar-refractivity contribution in [2.45, 2.75) is 51.0 Å². The van der Waals surface area contributed by atoms with Crippen molar-refractivity contribution in [3.63, 3.8) is 0 Å². The molecular formula is C15H21ClO. The van der Waals surface area contributed by atoms with Gasteiger partial charge < -0.3 is 5.11 Å². The van der Waals surface area contributed by atoms with Gasteiger partial charge in [0.25, 0.3) is 0 Å². The van der Waals surface area contributed by atoms with Crippen LogP contribution in [0.25, 0.3) is 0 Å². The summed E-state index contributed by atoms with van der Waals surface area (Å²) in [6.45, 7) is 4.33. The number of rotatable bonds is 4. The number of hydrogen-bond donors (Lipinski definition) is 1. The first kappa shape index (κ1) is 12.9. The number of hydrogen-bond acceptors (Lipinski definition) is 1. The Morgan fingerprint density at radius 3 is 2.24 bits per heavy atom. The zero-order chi connectivity index (χ0) is 12.5. The summed E-state index contributed by atoms with van der Waals surface area (Å²) in [5.41, 5.74) is 1.25. The van der Waals surface area contributed by atoms with E-state index >= 15 is 0 Å². The Kier molecular flexibility index (Phi) is 3.79. The zero-order valence-corrected chi connectivity index (χ0v) is 11.4. The summed E-state index contributed by atoms with van der Waals surface area (Å²) in [6, 6.07) is 8.01. The second kappa shape index (κ2) is 4.99. The Hall–Kier alpha value is -0.530. The van der Waals surface area contributed by atoms with Crippen molar-refractivity contribution < 1.29 is 5.11 Å². The molecule has 2 rings (SSSR count). The normalized spacial score (nSPS) is 20.1. The van der Waals surface area contributed by atoms with Crippen LogP contribution in [0.2, 0.25) is 5.02 Å². The van der Waals surface area contributed by atoms with E-state index < -0.39 is 0 Å². The lowest BCUT2D eigenvalue weighted by Gasteiger charge is -2.46. The van der Waals surface area contributed by atoms with E-state index in [4.69, 9.17) is 11.6 Å². The minimum Gasteiger partial charge on any atom is -0.392 e. The molecule has 1 aliphatic rings. The van der Waals surface area contributed by atoms with Crippen LogP contribution in [-0.2, 0) is 5.41 Å². The van der Waals surface area contributed by atoms with Crippen molar-refractivity contribution in [2.75, 3.05) is 0 Å². The fourth-order valence-electron chi connectivity index (χ4n) is 2.83. The van der Waals surface area contributed by atoms with E-state index in [1.807, 2.05) is 12.1 Å². The van der Waals surface area contributed by atoms with Gasteiger partial charge in [-0.05, 0) is 42.9 Å². The van der Waals surface area contributed by atoms with Crippen molar-refractivity contribution in [1.82, 2.24) is 0 Å². The molecule has 2 heteroatoms. The zero-order valence-electron chi connectivity index (χ0n) is 10.6. The second-order valence-electron chi connectivity index (χ2n) is 5.66. The lowest BCUT2D eigenvalue weighted by molar-refractivity contribution is 0.0140. The maximum absolute atomic E-state index is 10.5. The van der Waals surface area contributed by atoms with Gasteiger partial charge in [0, 0.05) is 10.4 Å². The van der Waals surface area contributed by atoms with Gasteiger partial charge in [-0.3, -0.25) is 0 Å². The molecule has 1 aromatic rings. The molecule has 0 spiro atoms. The Morgan fingerprint density at radius 2 is 1.82 bits per heavy atom. The predicted molar refractivity (Wildman–Crippen MR) is 72.4 cm³/mol. The molecule has 17 heavy (non-hydrogen) atoms. The maximum atomic E-state index is 10.5. The summed E-state index contributed by atoms with van der Waals surface area (Å²) >= 11 is 5.92. The molecule has 1 saturated carbocycles. The summed E-state index contributed by atoms with van der Waals surface area (Å²) in [7, 11) is 0. The summed E-state index contributed by atoms with van der Waals surface area (Å²) in [5, 5.41) is 11.2. The van der Waals surface area contributed by atoms with Crippen molar-refractivity contribution >= 4 is 11.6 Å². The molecule has 0 radical (unpaired) electrons. The number of aliphatic hydroxyl groups excluding tert-OH is 1. The maximum Gasteiger partial charge on any atom is 0.0639 e. The lowest BCUT2D eigenvalue weighted by Crippen LogP contribution is -2.46. The molecule has 0 saturated heterocycles. The fraction of sp³-hybridized carbons (Fsp3) is 0.600. The summed E-state index contributed by atoms with van der Waals surface area (Å²) in [6.07, 6.45) is 4.07. The van der Waals surface area contributed by atoms with Crippen LogP contribution in [0.3, 0.4) is 0 Å². The molecule has 0 aliphatic heterocycles. The van der Waals surface area contributed by atoms with Crippen LogP contribution in [0.4, 0.5) is 0 Å². The van der Waals surface area contributed by atoms with Crippen molar-refractivity contribution in [3.05, 3.63) is 34.9 Å². The average molecular weight is 253 g/mol. The van der Waals surface area contributed by atoms with E-state index in [2.05, 4.69) is 26.0 Å². The van der Waals surface area contributed by atoms with Crippen LogP contribution in [0.1, 0.15) is 45.1 Å². The van der Waals surface area contributed by atoms with Crippen molar-refractivity contribution in [3.8, 4) is 0 Å². The average Bonchev–Trinajstić information content (AvgIpc) is 2.18. The minimum absolute atomic E-state index is 0.00510.